The zero-order valence-electron chi connectivity index (χ0n) is 14.6. The minimum absolute atomic E-state index is 0.156. The van der Waals surface area contributed by atoms with Gasteiger partial charge >= 0.3 is 13.1 Å². The Morgan fingerprint density at radius 2 is 1.84 bits per heavy atom. The van der Waals surface area contributed by atoms with Gasteiger partial charge in [-0.1, -0.05) is 37.1 Å². The van der Waals surface area contributed by atoms with Crippen LogP contribution >= 0.6 is 0 Å². The molecule has 0 aliphatic heterocycles. The number of hydrogen-bond acceptors (Lipinski definition) is 4. The van der Waals surface area contributed by atoms with E-state index >= 15 is 0 Å². The van der Waals surface area contributed by atoms with Crippen molar-refractivity contribution >= 4 is 13.1 Å². The molecule has 0 radical (unpaired) electrons. The molecular formula is C19H28BNO4. The lowest BCUT2D eigenvalue weighted by Crippen LogP contribution is -2.33. The Morgan fingerprint density at radius 1 is 1.16 bits per heavy atom. The summed E-state index contributed by atoms with van der Waals surface area (Å²) in [5, 5.41) is 31.1. The molecule has 0 unspecified atom stereocenters. The third kappa shape index (κ3) is 4.84. The monoisotopic (exact) mass is 345 g/mol. The van der Waals surface area contributed by atoms with Crippen LogP contribution in [0.15, 0.2) is 24.3 Å². The summed E-state index contributed by atoms with van der Waals surface area (Å²) in [6.45, 7) is 0.877. The van der Waals surface area contributed by atoms with E-state index in [-0.39, 0.29) is 11.8 Å². The number of rotatable bonds is 8. The van der Waals surface area contributed by atoms with Gasteiger partial charge in [-0.3, -0.25) is 4.79 Å². The predicted molar refractivity (Wildman–Crippen MR) is 97.2 cm³/mol. The van der Waals surface area contributed by atoms with Gasteiger partial charge in [-0.15, -0.1) is 0 Å². The van der Waals surface area contributed by atoms with Gasteiger partial charge in [-0.2, -0.15) is 0 Å². The van der Waals surface area contributed by atoms with Gasteiger partial charge in [0.1, 0.15) is 0 Å². The Balaban J connectivity index is 1.46. The number of nitrogens with one attached hydrogen (secondary N) is 1. The summed E-state index contributed by atoms with van der Waals surface area (Å²) in [4.78, 5) is 11.5. The third-order valence-corrected chi connectivity index (χ3v) is 5.89. The van der Waals surface area contributed by atoms with E-state index in [9.17, 15) is 9.90 Å². The first-order valence-corrected chi connectivity index (χ1v) is 9.42. The van der Waals surface area contributed by atoms with Gasteiger partial charge in [0.05, 0.1) is 5.92 Å². The average Bonchev–Trinajstić information content (AvgIpc) is 3.16. The quantitative estimate of drug-likeness (QED) is 0.539. The minimum Gasteiger partial charge on any atom is -0.481 e. The van der Waals surface area contributed by atoms with Crippen molar-refractivity contribution in [2.24, 2.45) is 17.8 Å². The van der Waals surface area contributed by atoms with Gasteiger partial charge < -0.3 is 20.5 Å². The van der Waals surface area contributed by atoms with Crippen LogP contribution in [0.1, 0.15) is 36.8 Å². The highest BCUT2D eigenvalue weighted by molar-refractivity contribution is 6.40. The van der Waals surface area contributed by atoms with Crippen molar-refractivity contribution in [3.8, 4) is 0 Å². The summed E-state index contributed by atoms with van der Waals surface area (Å²) in [7, 11) is -1.29. The second kappa shape index (κ2) is 8.34. The highest BCUT2D eigenvalue weighted by Crippen LogP contribution is 2.39. The molecule has 6 heteroatoms. The number of benzene rings is 1. The van der Waals surface area contributed by atoms with E-state index in [4.69, 9.17) is 10.0 Å². The van der Waals surface area contributed by atoms with E-state index in [0.717, 1.165) is 38.6 Å². The molecular weight excluding hydrogens is 317 g/mol. The van der Waals surface area contributed by atoms with Crippen LogP contribution < -0.4 is 5.32 Å². The molecule has 2 aliphatic carbocycles. The largest absolute Gasteiger partial charge is 0.481 e. The average molecular weight is 345 g/mol. The van der Waals surface area contributed by atoms with Crippen molar-refractivity contribution in [3.05, 3.63) is 35.4 Å². The van der Waals surface area contributed by atoms with Crippen molar-refractivity contribution in [1.82, 2.24) is 5.32 Å². The van der Waals surface area contributed by atoms with Crippen molar-refractivity contribution in [3.63, 3.8) is 0 Å². The van der Waals surface area contributed by atoms with E-state index in [1.807, 2.05) is 0 Å². The molecule has 1 aromatic carbocycles. The molecule has 5 nitrogen and oxygen atoms in total. The molecule has 1 aromatic rings. The van der Waals surface area contributed by atoms with Crippen LogP contribution in [-0.2, 0) is 17.6 Å². The van der Waals surface area contributed by atoms with E-state index < -0.39 is 13.1 Å². The summed E-state index contributed by atoms with van der Waals surface area (Å²) in [6, 6.07) is 9.02. The van der Waals surface area contributed by atoms with Crippen LogP contribution in [0.25, 0.3) is 0 Å². The standard InChI is InChI=1S/C19H28BNO4/c22-19(23)18-9-13(8-16(18)6-3-7-20(24)25)12-21-17-10-14-4-1-2-5-15(14)11-17/h1-2,4-5,13,16-18,21,24-25H,3,6-12H2,(H,22,23)/t13-,16-,18+/m0/s1. The lowest BCUT2D eigenvalue weighted by molar-refractivity contribution is -0.143. The molecule has 136 valence electrons. The Hall–Kier alpha value is -1.37. The summed E-state index contributed by atoms with van der Waals surface area (Å²) in [5.74, 6) is -0.439. The smallest absolute Gasteiger partial charge is 0.451 e. The number of fused-ring (bicyclic) bond motifs is 1. The van der Waals surface area contributed by atoms with Crippen LogP contribution in [0.4, 0.5) is 0 Å². The van der Waals surface area contributed by atoms with Crippen molar-refractivity contribution in [2.75, 3.05) is 6.54 Å². The van der Waals surface area contributed by atoms with Gasteiger partial charge in [-0.05, 0) is 61.5 Å². The van der Waals surface area contributed by atoms with E-state index in [0.29, 0.717) is 24.7 Å². The predicted octanol–water partition coefficient (Wildman–Crippen LogP) is 1.72. The summed E-state index contributed by atoms with van der Waals surface area (Å²) in [6.07, 6.45) is 5.53. The third-order valence-electron chi connectivity index (χ3n) is 5.89. The number of aliphatic carboxylic acids is 1. The van der Waals surface area contributed by atoms with Crippen molar-refractivity contribution in [1.29, 1.82) is 0 Å². The van der Waals surface area contributed by atoms with Gasteiger partial charge in [0, 0.05) is 6.04 Å². The lowest BCUT2D eigenvalue weighted by atomic mass is 9.80. The molecule has 2 aliphatic rings. The van der Waals surface area contributed by atoms with Crippen molar-refractivity contribution < 1.29 is 19.9 Å². The number of carboxylic acids is 1. The summed E-state index contributed by atoms with van der Waals surface area (Å²) < 4.78 is 0. The zero-order chi connectivity index (χ0) is 17.8. The zero-order valence-corrected chi connectivity index (χ0v) is 14.6. The second-order valence-corrected chi connectivity index (χ2v) is 7.74. The first-order chi connectivity index (χ1) is 12.0. The Morgan fingerprint density at radius 3 is 2.44 bits per heavy atom. The van der Waals surface area contributed by atoms with E-state index in [2.05, 4.69) is 29.6 Å². The summed E-state index contributed by atoms with van der Waals surface area (Å²) in [5.41, 5.74) is 2.85. The van der Waals surface area contributed by atoms with Crippen LogP contribution in [0.5, 0.6) is 0 Å². The van der Waals surface area contributed by atoms with E-state index in [1.165, 1.54) is 11.1 Å². The van der Waals surface area contributed by atoms with Crippen LogP contribution in [0.2, 0.25) is 6.32 Å². The number of carboxylic acid groups (broad SMARTS) is 1. The fraction of sp³-hybridized carbons (Fsp3) is 0.632. The Kier molecular flexibility index (Phi) is 6.15. The molecule has 0 heterocycles. The first-order valence-electron chi connectivity index (χ1n) is 9.42. The molecule has 25 heavy (non-hydrogen) atoms. The topological polar surface area (TPSA) is 89.8 Å². The highest BCUT2D eigenvalue weighted by atomic mass is 16.4. The van der Waals surface area contributed by atoms with Gasteiger partial charge in [-0.25, -0.2) is 0 Å². The minimum atomic E-state index is -1.29. The first kappa shape index (κ1) is 18.4. The van der Waals surface area contributed by atoms with Crippen molar-refractivity contribution in [2.45, 2.75) is 50.9 Å². The molecule has 0 spiro atoms. The number of hydrogen-bond donors (Lipinski definition) is 4. The fourth-order valence-corrected chi connectivity index (χ4v) is 4.63. The molecule has 1 fully saturated rings. The SMILES string of the molecule is O=C(O)[C@@H]1C[C@@H](CNC2Cc3ccccc3C2)C[C@@H]1CCCB(O)O. The van der Waals surface area contributed by atoms with Crippen LogP contribution in [0.3, 0.4) is 0 Å². The molecule has 0 amide bonds. The maximum absolute atomic E-state index is 11.5. The Labute approximate surface area is 149 Å². The van der Waals surface area contributed by atoms with E-state index in [1.54, 1.807) is 0 Å². The molecule has 3 rings (SSSR count). The second-order valence-electron chi connectivity index (χ2n) is 7.74. The van der Waals surface area contributed by atoms with Gasteiger partial charge in [0.2, 0.25) is 0 Å². The molecule has 3 atom stereocenters. The normalized spacial score (nSPS) is 25.9. The molecule has 0 bridgehead atoms. The van der Waals surface area contributed by atoms with Crippen LogP contribution in [-0.4, -0.2) is 40.8 Å². The maximum Gasteiger partial charge on any atom is 0.451 e. The summed E-state index contributed by atoms with van der Waals surface area (Å²) >= 11 is 0. The fourth-order valence-electron chi connectivity index (χ4n) is 4.63. The highest BCUT2D eigenvalue weighted by Gasteiger charge is 2.38. The molecule has 0 saturated heterocycles. The lowest BCUT2D eigenvalue weighted by Gasteiger charge is -2.16. The molecule has 0 aromatic heterocycles. The van der Waals surface area contributed by atoms with Gasteiger partial charge in [0.15, 0.2) is 0 Å². The van der Waals surface area contributed by atoms with Gasteiger partial charge in [0.25, 0.3) is 0 Å². The van der Waals surface area contributed by atoms with Crippen LogP contribution in [0, 0.1) is 17.8 Å². The maximum atomic E-state index is 11.5. The Bertz CT molecular complexity index is 570. The molecule has 4 N–H and O–H groups in total. The number of carbonyl (C=O) groups is 1. The molecule has 1 saturated carbocycles.